The highest BCUT2D eigenvalue weighted by atomic mass is 16.5. The first-order valence-electron chi connectivity index (χ1n) is 7.73. The molecule has 1 aliphatic rings. The van der Waals surface area contributed by atoms with Crippen LogP contribution >= 0.6 is 0 Å². The number of ether oxygens (including phenoxy) is 1. The van der Waals surface area contributed by atoms with Crippen molar-refractivity contribution in [1.29, 1.82) is 0 Å². The van der Waals surface area contributed by atoms with Gasteiger partial charge in [-0.1, -0.05) is 18.2 Å². The van der Waals surface area contributed by atoms with E-state index in [2.05, 4.69) is 15.3 Å². The Morgan fingerprint density at radius 1 is 1.21 bits per heavy atom. The van der Waals surface area contributed by atoms with Crippen molar-refractivity contribution in [1.82, 2.24) is 14.5 Å². The molecule has 6 heteroatoms. The molecule has 0 unspecified atom stereocenters. The van der Waals surface area contributed by atoms with Crippen molar-refractivity contribution >= 4 is 11.6 Å². The second-order valence-electron chi connectivity index (χ2n) is 5.63. The maximum atomic E-state index is 12.6. The van der Waals surface area contributed by atoms with Crippen molar-refractivity contribution in [3.05, 3.63) is 66.4 Å². The van der Waals surface area contributed by atoms with Gasteiger partial charge < -0.3 is 10.1 Å². The van der Waals surface area contributed by atoms with E-state index < -0.39 is 6.10 Å². The van der Waals surface area contributed by atoms with E-state index in [0.717, 1.165) is 17.1 Å². The third kappa shape index (κ3) is 2.52. The minimum atomic E-state index is -0.528. The summed E-state index contributed by atoms with van der Waals surface area (Å²) in [6.07, 6.45) is 5.25. The first-order chi connectivity index (χ1) is 11.7. The minimum Gasteiger partial charge on any atom is -0.480 e. The van der Waals surface area contributed by atoms with Crippen LogP contribution in [0.4, 0.5) is 5.69 Å². The van der Waals surface area contributed by atoms with Crippen LogP contribution in [0.1, 0.15) is 11.4 Å². The Bertz CT molecular complexity index is 878. The number of hydrogen-bond donors (Lipinski definition) is 1. The van der Waals surface area contributed by atoms with Gasteiger partial charge in [0.25, 0.3) is 5.91 Å². The average molecular weight is 320 g/mol. The fourth-order valence-corrected chi connectivity index (χ4v) is 2.83. The standard InChI is InChI=1S/C18H16N4O2/c1-12-19-9-10-22(12)17-14(6-4-8-20-17)21-18(23)16-11-13-5-2-3-7-15(13)24-16/h2-10,16H,11H2,1H3,(H,21,23)/t16-/m1/s1. The van der Waals surface area contributed by atoms with E-state index >= 15 is 0 Å². The molecule has 1 aliphatic heterocycles. The molecule has 24 heavy (non-hydrogen) atoms. The Hall–Kier alpha value is -3.15. The smallest absolute Gasteiger partial charge is 0.265 e. The number of aromatic nitrogens is 3. The number of imidazole rings is 1. The maximum absolute atomic E-state index is 12.6. The first-order valence-corrected chi connectivity index (χ1v) is 7.73. The molecule has 1 N–H and O–H groups in total. The quantitative estimate of drug-likeness (QED) is 0.805. The number of para-hydroxylation sites is 1. The summed E-state index contributed by atoms with van der Waals surface area (Å²) in [5.41, 5.74) is 1.68. The summed E-state index contributed by atoms with van der Waals surface area (Å²) < 4.78 is 7.58. The van der Waals surface area contributed by atoms with Crippen LogP contribution in [0.3, 0.4) is 0 Å². The lowest BCUT2D eigenvalue weighted by Gasteiger charge is -2.14. The van der Waals surface area contributed by atoms with Gasteiger partial charge in [0, 0.05) is 25.0 Å². The van der Waals surface area contributed by atoms with Crippen LogP contribution in [-0.4, -0.2) is 26.5 Å². The summed E-state index contributed by atoms with van der Waals surface area (Å²) in [6, 6.07) is 11.3. The number of pyridine rings is 1. The van der Waals surface area contributed by atoms with E-state index in [1.54, 1.807) is 18.5 Å². The summed E-state index contributed by atoms with van der Waals surface area (Å²) in [6.45, 7) is 1.89. The molecule has 0 saturated carbocycles. The van der Waals surface area contributed by atoms with Gasteiger partial charge in [0.1, 0.15) is 11.6 Å². The number of nitrogens with zero attached hydrogens (tertiary/aromatic N) is 3. The molecule has 0 bridgehead atoms. The monoisotopic (exact) mass is 320 g/mol. The molecule has 3 aromatic rings. The van der Waals surface area contributed by atoms with E-state index in [0.29, 0.717) is 17.9 Å². The zero-order valence-electron chi connectivity index (χ0n) is 13.1. The molecule has 3 heterocycles. The fourth-order valence-electron chi connectivity index (χ4n) is 2.83. The predicted molar refractivity (Wildman–Crippen MR) is 89.3 cm³/mol. The molecule has 2 aromatic heterocycles. The van der Waals surface area contributed by atoms with Crippen molar-refractivity contribution < 1.29 is 9.53 Å². The summed E-state index contributed by atoms with van der Waals surface area (Å²) >= 11 is 0. The number of carbonyl (C=O) groups excluding carboxylic acids is 1. The number of hydrogen-bond acceptors (Lipinski definition) is 4. The first kappa shape index (κ1) is 14.4. The second kappa shape index (κ2) is 5.81. The van der Waals surface area contributed by atoms with Crippen LogP contribution in [0.15, 0.2) is 55.0 Å². The SMILES string of the molecule is Cc1nccn1-c1ncccc1NC(=O)[C@H]1Cc2ccccc2O1. The predicted octanol–water partition coefficient (Wildman–Crippen LogP) is 2.52. The van der Waals surface area contributed by atoms with Crippen LogP contribution in [0.5, 0.6) is 5.75 Å². The topological polar surface area (TPSA) is 69.0 Å². The van der Waals surface area contributed by atoms with Crippen molar-refractivity contribution in [3.63, 3.8) is 0 Å². The van der Waals surface area contributed by atoms with Crippen molar-refractivity contribution in [3.8, 4) is 11.6 Å². The molecule has 0 fully saturated rings. The molecule has 1 aromatic carbocycles. The van der Waals surface area contributed by atoms with Gasteiger partial charge in [-0.15, -0.1) is 0 Å². The molecule has 0 aliphatic carbocycles. The molecule has 1 amide bonds. The molecule has 6 nitrogen and oxygen atoms in total. The number of benzene rings is 1. The third-order valence-electron chi connectivity index (χ3n) is 4.04. The van der Waals surface area contributed by atoms with Gasteiger partial charge in [-0.3, -0.25) is 9.36 Å². The van der Waals surface area contributed by atoms with Crippen molar-refractivity contribution in [2.45, 2.75) is 19.4 Å². The van der Waals surface area contributed by atoms with Crippen LogP contribution in [-0.2, 0) is 11.2 Å². The van der Waals surface area contributed by atoms with Gasteiger partial charge in [0.15, 0.2) is 11.9 Å². The lowest BCUT2D eigenvalue weighted by Crippen LogP contribution is -2.31. The summed E-state index contributed by atoms with van der Waals surface area (Å²) in [4.78, 5) is 21.2. The van der Waals surface area contributed by atoms with Gasteiger partial charge in [-0.05, 0) is 30.7 Å². The number of carbonyl (C=O) groups is 1. The van der Waals surface area contributed by atoms with Crippen LogP contribution in [0.2, 0.25) is 0 Å². The Kier molecular flexibility index (Phi) is 3.49. The van der Waals surface area contributed by atoms with Crippen molar-refractivity contribution in [2.75, 3.05) is 5.32 Å². The zero-order chi connectivity index (χ0) is 16.5. The van der Waals surface area contributed by atoms with Gasteiger partial charge in [0.05, 0.1) is 5.69 Å². The van der Waals surface area contributed by atoms with Crippen LogP contribution in [0, 0.1) is 6.92 Å². The van der Waals surface area contributed by atoms with Gasteiger partial charge in [-0.25, -0.2) is 9.97 Å². The molecule has 120 valence electrons. The second-order valence-corrected chi connectivity index (χ2v) is 5.63. The molecule has 0 radical (unpaired) electrons. The molecule has 4 rings (SSSR count). The molecule has 1 atom stereocenters. The maximum Gasteiger partial charge on any atom is 0.265 e. The number of aryl methyl sites for hydroxylation is 1. The van der Waals surface area contributed by atoms with E-state index in [-0.39, 0.29) is 5.91 Å². The summed E-state index contributed by atoms with van der Waals surface area (Å²) in [5.74, 6) is 2.03. The van der Waals surface area contributed by atoms with Crippen molar-refractivity contribution in [2.24, 2.45) is 0 Å². The summed E-state index contributed by atoms with van der Waals surface area (Å²) in [7, 11) is 0. The van der Waals surface area contributed by atoms with E-state index in [4.69, 9.17) is 4.74 Å². The Labute approximate surface area is 139 Å². The largest absolute Gasteiger partial charge is 0.480 e. The van der Waals surface area contributed by atoms with E-state index in [9.17, 15) is 4.79 Å². The number of anilines is 1. The Morgan fingerprint density at radius 3 is 2.88 bits per heavy atom. The Morgan fingerprint density at radius 2 is 2.08 bits per heavy atom. The molecular formula is C18H16N4O2. The number of rotatable bonds is 3. The lowest BCUT2D eigenvalue weighted by molar-refractivity contribution is -0.122. The summed E-state index contributed by atoms with van der Waals surface area (Å²) in [5, 5.41) is 2.93. The Balaban J connectivity index is 1.57. The third-order valence-corrected chi connectivity index (χ3v) is 4.04. The van der Waals surface area contributed by atoms with E-state index in [1.807, 2.05) is 48.0 Å². The highest BCUT2D eigenvalue weighted by Crippen LogP contribution is 2.29. The van der Waals surface area contributed by atoms with E-state index in [1.165, 1.54) is 0 Å². The highest BCUT2D eigenvalue weighted by Gasteiger charge is 2.29. The zero-order valence-corrected chi connectivity index (χ0v) is 13.1. The lowest BCUT2D eigenvalue weighted by atomic mass is 10.1. The minimum absolute atomic E-state index is 0.182. The molecular weight excluding hydrogens is 304 g/mol. The van der Waals surface area contributed by atoms with Crippen LogP contribution in [0.25, 0.3) is 5.82 Å². The average Bonchev–Trinajstić information content (AvgIpc) is 3.21. The number of fused-ring (bicyclic) bond motifs is 1. The normalized spacial score (nSPS) is 15.6. The molecule has 0 saturated heterocycles. The van der Waals surface area contributed by atoms with Gasteiger partial charge >= 0.3 is 0 Å². The highest BCUT2D eigenvalue weighted by molar-refractivity contribution is 5.96. The van der Waals surface area contributed by atoms with Gasteiger partial charge in [-0.2, -0.15) is 0 Å². The fraction of sp³-hybridized carbons (Fsp3) is 0.167. The molecule has 0 spiro atoms. The van der Waals surface area contributed by atoms with Gasteiger partial charge in [0.2, 0.25) is 0 Å². The van der Waals surface area contributed by atoms with Crippen LogP contribution < -0.4 is 10.1 Å². The number of nitrogens with one attached hydrogen (secondary N) is 1. The number of amides is 1.